The molecule has 9 heteroatoms. The molecule has 6 nitrogen and oxygen atoms in total. The minimum absolute atomic E-state index is 0.120. The second-order valence-corrected chi connectivity index (χ2v) is 10.4. The zero-order valence-corrected chi connectivity index (χ0v) is 18.7. The maximum absolute atomic E-state index is 13.9. The molecule has 0 aromatic heterocycles. The van der Waals surface area contributed by atoms with Crippen molar-refractivity contribution in [3.05, 3.63) is 53.6 Å². The van der Waals surface area contributed by atoms with Crippen molar-refractivity contribution in [1.29, 1.82) is 0 Å². The molecule has 0 spiro atoms. The molecule has 1 saturated heterocycles. The number of sulfonamides is 1. The summed E-state index contributed by atoms with van der Waals surface area (Å²) in [5.74, 6) is -1.06. The lowest BCUT2D eigenvalue weighted by Gasteiger charge is -2.36. The predicted molar refractivity (Wildman–Crippen MR) is 119 cm³/mol. The second-order valence-electron chi connectivity index (χ2n) is 8.12. The third-order valence-corrected chi connectivity index (χ3v) is 7.90. The fourth-order valence-corrected chi connectivity index (χ4v) is 5.37. The zero-order chi connectivity index (χ0) is 22.2. The van der Waals surface area contributed by atoms with E-state index in [1.165, 1.54) is 12.1 Å². The first-order chi connectivity index (χ1) is 14.8. The number of fused-ring (bicyclic) bond motifs is 1. The topological polar surface area (TPSA) is 47.1 Å². The zero-order valence-electron chi connectivity index (χ0n) is 17.9. The van der Waals surface area contributed by atoms with Gasteiger partial charge in [0, 0.05) is 68.9 Å². The van der Waals surface area contributed by atoms with Crippen LogP contribution in [-0.2, 0) is 16.6 Å². The van der Waals surface area contributed by atoms with E-state index in [9.17, 15) is 17.2 Å². The van der Waals surface area contributed by atoms with Crippen molar-refractivity contribution in [1.82, 2.24) is 9.21 Å². The summed E-state index contributed by atoms with van der Waals surface area (Å²) in [6.45, 7) is 5.99. The Kier molecular flexibility index (Phi) is 6.18. The third-order valence-electron chi connectivity index (χ3n) is 6.02. The predicted octanol–water partition coefficient (Wildman–Crippen LogP) is 3.02. The summed E-state index contributed by atoms with van der Waals surface area (Å²) in [5.41, 5.74) is 3.55. The molecule has 0 radical (unpaired) electrons. The van der Waals surface area contributed by atoms with Gasteiger partial charge in [0.1, 0.15) is 11.6 Å². The monoisotopic (exact) mass is 450 g/mol. The van der Waals surface area contributed by atoms with Gasteiger partial charge >= 0.3 is 0 Å². The maximum Gasteiger partial charge on any atom is 0.213 e. The molecule has 4 rings (SSSR count). The Balaban J connectivity index is 1.61. The number of nitrogens with zero attached hydrogens (tertiary/aromatic N) is 4. The SMILES string of the molecule is CCS(=O)(=O)N1CCN(c2ccc3c(c2)CN(C)CCN3c2cc(F)cc(F)c2)CC1. The van der Waals surface area contributed by atoms with E-state index < -0.39 is 21.7 Å². The summed E-state index contributed by atoms with van der Waals surface area (Å²) in [6, 6.07) is 9.73. The van der Waals surface area contributed by atoms with E-state index in [-0.39, 0.29) is 5.75 Å². The molecule has 2 aromatic carbocycles. The summed E-state index contributed by atoms with van der Waals surface area (Å²) >= 11 is 0. The van der Waals surface area contributed by atoms with Crippen LogP contribution in [-0.4, -0.2) is 69.7 Å². The molecule has 1 fully saturated rings. The molecule has 0 unspecified atom stereocenters. The lowest BCUT2D eigenvalue weighted by molar-refractivity contribution is 0.343. The summed E-state index contributed by atoms with van der Waals surface area (Å²) < 4.78 is 53.5. The van der Waals surface area contributed by atoms with Crippen LogP contribution in [0.2, 0.25) is 0 Å². The van der Waals surface area contributed by atoms with Crippen molar-refractivity contribution in [2.24, 2.45) is 0 Å². The van der Waals surface area contributed by atoms with Gasteiger partial charge in [0.05, 0.1) is 5.75 Å². The second kappa shape index (κ2) is 8.72. The van der Waals surface area contributed by atoms with Gasteiger partial charge in [-0.25, -0.2) is 17.2 Å². The van der Waals surface area contributed by atoms with Crippen LogP contribution in [0.1, 0.15) is 12.5 Å². The van der Waals surface area contributed by atoms with E-state index in [1.807, 2.05) is 24.1 Å². The van der Waals surface area contributed by atoms with E-state index in [4.69, 9.17) is 0 Å². The molecule has 2 aliphatic heterocycles. The molecule has 168 valence electrons. The summed E-state index contributed by atoms with van der Waals surface area (Å²) in [4.78, 5) is 6.34. The first-order valence-electron chi connectivity index (χ1n) is 10.5. The molecule has 2 aromatic rings. The Labute approximate surface area is 182 Å². The third kappa shape index (κ3) is 4.68. The molecular formula is C22H28F2N4O2S. The molecule has 0 N–H and O–H groups in total. The van der Waals surface area contributed by atoms with Crippen LogP contribution < -0.4 is 9.80 Å². The minimum Gasteiger partial charge on any atom is -0.369 e. The number of benzene rings is 2. The summed E-state index contributed by atoms with van der Waals surface area (Å²) in [5, 5.41) is 0. The van der Waals surface area contributed by atoms with Crippen LogP contribution >= 0.6 is 0 Å². The van der Waals surface area contributed by atoms with Gasteiger partial charge in [0.2, 0.25) is 10.0 Å². The quantitative estimate of drug-likeness (QED) is 0.717. The van der Waals surface area contributed by atoms with Crippen molar-refractivity contribution in [2.75, 3.05) is 61.9 Å². The van der Waals surface area contributed by atoms with Crippen molar-refractivity contribution >= 4 is 27.1 Å². The van der Waals surface area contributed by atoms with Crippen LogP contribution in [0.4, 0.5) is 25.8 Å². The van der Waals surface area contributed by atoms with Gasteiger partial charge < -0.3 is 14.7 Å². The highest BCUT2D eigenvalue weighted by atomic mass is 32.2. The Morgan fingerprint density at radius 3 is 2.19 bits per heavy atom. The highest BCUT2D eigenvalue weighted by Crippen LogP contribution is 2.35. The maximum atomic E-state index is 13.9. The summed E-state index contributed by atoms with van der Waals surface area (Å²) in [6.07, 6.45) is 0. The number of anilines is 3. The summed E-state index contributed by atoms with van der Waals surface area (Å²) in [7, 11) is -1.14. The minimum atomic E-state index is -3.17. The molecule has 0 aliphatic carbocycles. The van der Waals surface area contributed by atoms with Gasteiger partial charge in [-0.3, -0.25) is 0 Å². The Hall–Kier alpha value is -2.23. The van der Waals surface area contributed by atoms with Gasteiger partial charge in [0.15, 0.2) is 0 Å². The Bertz CT molecular complexity index is 1040. The fourth-order valence-electron chi connectivity index (χ4n) is 4.29. The first kappa shape index (κ1) is 22.0. The van der Waals surface area contributed by atoms with E-state index in [1.54, 1.807) is 11.2 Å². The van der Waals surface area contributed by atoms with Gasteiger partial charge in [-0.1, -0.05) is 0 Å². The van der Waals surface area contributed by atoms with E-state index in [2.05, 4.69) is 15.9 Å². The largest absolute Gasteiger partial charge is 0.369 e. The molecule has 2 heterocycles. The normalized spacial score (nSPS) is 18.7. The van der Waals surface area contributed by atoms with Crippen molar-refractivity contribution < 1.29 is 17.2 Å². The molecule has 0 saturated carbocycles. The Morgan fingerprint density at radius 1 is 0.871 bits per heavy atom. The van der Waals surface area contributed by atoms with Crippen molar-refractivity contribution in [3.63, 3.8) is 0 Å². The van der Waals surface area contributed by atoms with Gasteiger partial charge in [-0.15, -0.1) is 0 Å². The van der Waals surface area contributed by atoms with E-state index >= 15 is 0 Å². The molecular weight excluding hydrogens is 422 g/mol. The van der Waals surface area contributed by atoms with Crippen molar-refractivity contribution in [2.45, 2.75) is 13.5 Å². The van der Waals surface area contributed by atoms with Crippen LogP contribution in [0.5, 0.6) is 0 Å². The average Bonchev–Trinajstić information content (AvgIpc) is 2.90. The van der Waals surface area contributed by atoms with E-state index in [0.29, 0.717) is 38.4 Å². The number of halogens is 2. The van der Waals surface area contributed by atoms with E-state index in [0.717, 1.165) is 36.1 Å². The Morgan fingerprint density at radius 2 is 1.55 bits per heavy atom. The number of hydrogen-bond acceptors (Lipinski definition) is 5. The van der Waals surface area contributed by atoms with Crippen LogP contribution in [0.15, 0.2) is 36.4 Å². The highest BCUT2D eigenvalue weighted by Gasteiger charge is 2.27. The molecule has 0 atom stereocenters. The van der Waals surface area contributed by atoms with Gasteiger partial charge in [0.25, 0.3) is 0 Å². The number of likely N-dealkylation sites (N-methyl/N-ethyl adjacent to an activating group) is 1. The standard InChI is InChI=1S/C22H28F2N4O2S/c1-3-31(29,30)27-9-7-26(8-10-27)20-4-5-22-17(12-20)16-25(2)6-11-28(22)21-14-18(23)13-19(24)15-21/h4-5,12-15H,3,6-11,16H2,1-2H3. The van der Waals surface area contributed by atoms with Crippen LogP contribution in [0.25, 0.3) is 0 Å². The lowest BCUT2D eigenvalue weighted by atomic mass is 10.1. The molecule has 2 aliphatic rings. The average molecular weight is 451 g/mol. The number of hydrogen-bond donors (Lipinski definition) is 0. The first-order valence-corrected chi connectivity index (χ1v) is 12.2. The smallest absolute Gasteiger partial charge is 0.213 e. The highest BCUT2D eigenvalue weighted by molar-refractivity contribution is 7.89. The van der Waals surface area contributed by atoms with Gasteiger partial charge in [-0.2, -0.15) is 4.31 Å². The fraction of sp³-hybridized carbons (Fsp3) is 0.455. The molecule has 0 amide bonds. The number of piperazine rings is 1. The van der Waals surface area contributed by atoms with Crippen LogP contribution in [0.3, 0.4) is 0 Å². The van der Waals surface area contributed by atoms with Crippen molar-refractivity contribution in [3.8, 4) is 0 Å². The lowest BCUT2D eigenvalue weighted by Crippen LogP contribution is -2.49. The van der Waals surface area contributed by atoms with Gasteiger partial charge in [-0.05, 0) is 49.9 Å². The molecule has 0 bridgehead atoms. The number of rotatable bonds is 4. The molecule has 31 heavy (non-hydrogen) atoms. The van der Waals surface area contributed by atoms with Crippen LogP contribution in [0, 0.1) is 11.6 Å².